The molecule has 1 aromatic carbocycles. The maximum Gasteiger partial charge on any atom is 0.146 e. The van der Waals surface area contributed by atoms with Crippen molar-refractivity contribution in [3.8, 4) is 0 Å². The Kier molecular flexibility index (Phi) is 3.91. The van der Waals surface area contributed by atoms with Crippen LogP contribution in [0.5, 0.6) is 0 Å². The molecule has 18 heavy (non-hydrogen) atoms. The predicted octanol–water partition coefficient (Wildman–Crippen LogP) is 3.47. The standard InChI is InChI=1S/C15H23FN2/c1-10(2)14-8-5-9-18(14)15-12(11(3)17)6-4-7-13(15)16/h4,6-7,10-11,14H,5,8-9,17H2,1-3H3/t11-,14?/m1/s1. The number of rotatable bonds is 3. The summed E-state index contributed by atoms with van der Waals surface area (Å²) in [6.07, 6.45) is 2.28. The molecule has 0 amide bonds. The largest absolute Gasteiger partial charge is 0.366 e. The summed E-state index contributed by atoms with van der Waals surface area (Å²) >= 11 is 0. The van der Waals surface area contributed by atoms with Crippen molar-refractivity contribution in [3.63, 3.8) is 0 Å². The molecule has 1 unspecified atom stereocenters. The van der Waals surface area contributed by atoms with E-state index in [2.05, 4.69) is 18.7 Å². The minimum atomic E-state index is -0.141. The van der Waals surface area contributed by atoms with Crippen LogP contribution in [0.25, 0.3) is 0 Å². The van der Waals surface area contributed by atoms with Gasteiger partial charge in [-0.05, 0) is 37.3 Å². The van der Waals surface area contributed by atoms with Crippen molar-refractivity contribution in [2.24, 2.45) is 11.7 Å². The van der Waals surface area contributed by atoms with Crippen molar-refractivity contribution >= 4 is 5.69 Å². The SMILES string of the molecule is CC(C)C1CCCN1c1c(F)cccc1[C@@H](C)N. The lowest BCUT2D eigenvalue weighted by atomic mass is 9.99. The number of anilines is 1. The topological polar surface area (TPSA) is 29.3 Å². The third-order valence-electron chi connectivity index (χ3n) is 3.86. The molecule has 0 bridgehead atoms. The zero-order chi connectivity index (χ0) is 13.3. The maximum absolute atomic E-state index is 14.2. The predicted molar refractivity (Wildman–Crippen MR) is 74.2 cm³/mol. The van der Waals surface area contributed by atoms with Crippen LogP contribution >= 0.6 is 0 Å². The van der Waals surface area contributed by atoms with Gasteiger partial charge >= 0.3 is 0 Å². The quantitative estimate of drug-likeness (QED) is 0.890. The molecular weight excluding hydrogens is 227 g/mol. The van der Waals surface area contributed by atoms with E-state index in [1.807, 2.05) is 13.0 Å². The number of para-hydroxylation sites is 1. The normalized spacial score (nSPS) is 21.7. The second-order valence-electron chi connectivity index (χ2n) is 5.61. The molecule has 1 heterocycles. The van der Waals surface area contributed by atoms with Crippen LogP contribution in [0.3, 0.4) is 0 Å². The first-order chi connectivity index (χ1) is 8.52. The van der Waals surface area contributed by atoms with Gasteiger partial charge in [-0.2, -0.15) is 0 Å². The second kappa shape index (κ2) is 5.27. The molecule has 0 spiro atoms. The fraction of sp³-hybridized carbons (Fsp3) is 0.600. The van der Waals surface area contributed by atoms with Gasteiger partial charge in [0.05, 0.1) is 5.69 Å². The molecule has 0 radical (unpaired) electrons. The molecule has 2 rings (SSSR count). The Balaban J connectivity index is 2.43. The van der Waals surface area contributed by atoms with E-state index in [9.17, 15) is 4.39 Å². The molecule has 1 fully saturated rings. The van der Waals surface area contributed by atoms with Gasteiger partial charge in [0, 0.05) is 18.6 Å². The van der Waals surface area contributed by atoms with E-state index in [1.165, 1.54) is 6.07 Å². The second-order valence-corrected chi connectivity index (χ2v) is 5.61. The number of nitrogens with zero attached hydrogens (tertiary/aromatic N) is 1. The minimum Gasteiger partial charge on any atom is -0.366 e. The summed E-state index contributed by atoms with van der Waals surface area (Å²) < 4.78 is 14.2. The van der Waals surface area contributed by atoms with Crippen LogP contribution in [-0.4, -0.2) is 12.6 Å². The summed E-state index contributed by atoms with van der Waals surface area (Å²) in [4.78, 5) is 2.22. The summed E-state index contributed by atoms with van der Waals surface area (Å²) in [6.45, 7) is 7.26. The number of halogens is 1. The summed E-state index contributed by atoms with van der Waals surface area (Å²) in [5.74, 6) is 0.394. The van der Waals surface area contributed by atoms with E-state index < -0.39 is 0 Å². The van der Waals surface area contributed by atoms with Crippen LogP contribution in [0, 0.1) is 11.7 Å². The monoisotopic (exact) mass is 250 g/mol. The van der Waals surface area contributed by atoms with E-state index in [4.69, 9.17) is 5.73 Å². The molecule has 0 aromatic heterocycles. The fourth-order valence-electron chi connectivity index (χ4n) is 2.97. The molecule has 0 saturated carbocycles. The van der Waals surface area contributed by atoms with Crippen molar-refractivity contribution in [1.82, 2.24) is 0 Å². The highest BCUT2D eigenvalue weighted by Gasteiger charge is 2.30. The third kappa shape index (κ3) is 2.37. The average molecular weight is 250 g/mol. The lowest BCUT2D eigenvalue weighted by Gasteiger charge is -2.32. The average Bonchev–Trinajstić information content (AvgIpc) is 2.77. The molecule has 1 aliphatic heterocycles. The van der Waals surface area contributed by atoms with Crippen LogP contribution < -0.4 is 10.6 Å². The van der Waals surface area contributed by atoms with Gasteiger partial charge in [0.25, 0.3) is 0 Å². The highest BCUT2D eigenvalue weighted by Crippen LogP contribution is 2.35. The number of hydrogen-bond donors (Lipinski definition) is 1. The molecule has 0 aliphatic carbocycles. The lowest BCUT2D eigenvalue weighted by molar-refractivity contribution is 0.484. The van der Waals surface area contributed by atoms with E-state index >= 15 is 0 Å². The molecule has 100 valence electrons. The highest BCUT2D eigenvalue weighted by molar-refractivity contribution is 5.57. The number of benzene rings is 1. The Morgan fingerprint density at radius 2 is 2.06 bits per heavy atom. The van der Waals surface area contributed by atoms with Crippen LogP contribution in [-0.2, 0) is 0 Å². The van der Waals surface area contributed by atoms with Crippen molar-refractivity contribution in [1.29, 1.82) is 0 Å². The van der Waals surface area contributed by atoms with Crippen LogP contribution in [0.1, 0.15) is 45.2 Å². The van der Waals surface area contributed by atoms with Gasteiger partial charge in [-0.3, -0.25) is 0 Å². The van der Waals surface area contributed by atoms with Crippen molar-refractivity contribution < 1.29 is 4.39 Å². The van der Waals surface area contributed by atoms with Crippen molar-refractivity contribution in [2.75, 3.05) is 11.4 Å². The first-order valence-corrected chi connectivity index (χ1v) is 6.83. The van der Waals surface area contributed by atoms with E-state index in [-0.39, 0.29) is 11.9 Å². The molecule has 1 aliphatic rings. The summed E-state index contributed by atoms with van der Waals surface area (Å²) in [7, 11) is 0. The van der Waals surface area contributed by atoms with Gasteiger partial charge in [0.1, 0.15) is 5.82 Å². The lowest BCUT2D eigenvalue weighted by Crippen LogP contribution is -2.35. The smallest absolute Gasteiger partial charge is 0.146 e. The summed E-state index contributed by atoms with van der Waals surface area (Å²) in [5, 5.41) is 0. The Morgan fingerprint density at radius 3 is 2.67 bits per heavy atom. The van der Waals surface area contributed by atoms with E-state index in [0.717, 1.165) is 30.6 Å². The van der Waals surface area contributed by atoms with Crippen LogP contribution in [0.15, 0.2) is 18.2 Å². The maximum atomic E-state index is 14.2. The van der Waals surface area contributed by atoms with Gasteiger partial charge in [-0.15, -0.1) is 0 Å². The minimum absolute atomic E-state index is 0.135. The third-order valence-corrected chi connectivity index (χ3v) is 3.86. The first-order valence-electron chi connectivity index (χ1n) is 6.83. The Hall–Kier alpha value is -1.09. The zero-order valence-corrected chi connectivity index (χ0v) is 11.5. The number of nitrogens with two attached hydrogens (primary N) is 1. The molecule has 3 heteroatoms. The van der Waals surface area contributed by atoms with Gasteiger partial charge in [-0.25, -0.2) is 4.39 Å². The highest BCUT2D eigenvalue weighted by atomic mass is 19.1. The molecule has 2 nitrogen and oxygen atoms in total. The molecule has 1 saturated heterocycles. The van der Waals surface area contributed by atoms with Crippen LogP contribution in [0.4, 0.5) is 10.1 Å². The zero-order valence-electron chi connectivity index (χ0n) is 11.5. The van der Waals surface area contributed by atoms with Gasteiger partial charge < -0.3 is 10.6 Å². The van der Waals surface area contributed by atoms with Gasteiger partial charge in [0.15, 0.2) is 0 Å². The van der Waals surface area contributed by atoms with Crippen LogP contribution in [0.2, 0.25) is 0 Å². The van der Waals surface area contributed by atoms with Gasteiger partial charge in [-0.1, -0.05) is 26.0 Å². The molecule has 2 atom stereocenters. The first kappa shape index (κ1) is 13.3. The summed E-state index contributed by atoms with van der Waals surface area (Å²) in [5.41, 5.74) is 7.62. The van der Waals surface area contributed by atoms with Crippen molar-refractivity contribution in [3.05, 3.63) is 29.6 Å². The Morgan fingerprint density at radius 1 is 1.33 bits per heavy atom. The Labute approximate surface area is 109 Å². The molecular formula is C15H23FN2. The van der Waals surface area contributed by atoms with E-state index in [0.29, 0.717) is 12.0 Å². The number of hydrogen-bond acceptors (Lipinski definition) is 2. The molecule has 1 aromatic rings. The Bertz CT molecular complexity index is 415. The van der Waals surface area contributed by atoms with Crippen molar-refractivity contribution in [2.45, 2.75) is 45.7 Å². The van der Waals surface area contributed by atoms with E-state index in [1.54, 1.807) is 6.07 Å². The summed E-state index contributed by atoms with van der Waals surface area (Å²) in [6, 6.07) is 5.52. The van der Waals surface area contributed by atoms with Gasteiger partial charge in [0.2, 0.25) is 0 Å². The fourth-order valence-corrected chi connectivity index (χ4v) is 2.97. The molecule has 2 N–H and O–H groups in total.